The Morgan fingerprint density at radius 3 is 1.58 bits per heavy atom. The fraction of sp³-hybridized carbons (Fsp3) is 0.946. The van der Waals surface area contributed by atoms with Crippen molar-refractivity contribution in [3.05, 3.63) is 0 Å². The molecule has 3 saturated heterocycles. The van der Waals surface area contributed by atoms with Gasteiger partial charge in [0.1, 0.15) is 67.1 Å². The summed E-state index contributed by atoms with van der Waals surface area (Å²) >= 11 is 0. The Balaban J connectivity index is 1.66. The molecule has 3 heterocycles. The summed E-state index contributed by atoms with van der Waals surface area (Å²) in [5, 5.41) is 135. The molecular formula is C56H104N2O21. The van der Waals surface area contributed by atoms with E-state index in [-0.39, 0.29) is 18.9 Å². The predicted octanol–water partition coefficient (Wildman–Crippen LogP) is 2.22. The van der Waals surface area contributed by atoms with Crippen molar-refractivity contribution < 1.29 is 104 Å². The van der Waals surface area contributed by atoms with E-state index in [1.807, 2.05) is 0 Å². The van der Waals surface area contributed by atoms with E-state index in [1.54, 1.807) is 0 Å². The van der Waals surface area contributed by atoms with Crippen molar-refractivity contribution in [2.45, 2.75) is 310 Å². The zero-order chi connectivity index (χ0) is 58.3. The maximum absolute atomic E-state index is 13.3. The van der Waals surface area contributed by atoms with Gasteiger partial charge >= 0.3 is 5.97 Å². The molecule has 18 unspecified atom stereocenters. The summed E-state index contributed by atoms with van der Waals surface area (Å²) in [7, 11) is 0. The highest BCUT2D eigenvalue weighted by atomic mass is 16.8. The average molecular weight is 1140 g/mol. The number of carboxylic acid groups (broad SMARTS) is 1. The van der Waals surface area contributed by atoms with Crippen molar-refractivity contribution in [3.8, 4) is 0 Å². The number of aliphatic hydroxyl groups excluding tert-OH is 11. The molecule has 0 saturated carbocycles. The van der Waals surface area contributed by atoms with Gasteiger partial charge in [0.05, 0.1) is 50.7 Å². The van der Waals surface area contributed by atoms with Crippen LogP contribution in [0.25, 0.3) is 0 Å². The zero-order valence-corrected chi connectivity index (χ0v) is 47.5. The van der Waals surface area contributed by atoms with Gasteiger partial charge in [-0.2, -0.15) is 0 Å². The number of ether oxygens (including phenoxy) is 6. The first-order valence-electron chi connectivity index (χ1n) is 29.9. The molecule has 0 bridgehead atoms. The minimum Gasteiger partial charge on any atom is -0.477 e. The second-order valence-corrected chi connectivity index (χ2v) is 22.2. The molecule has 0 aromatic carbocycles. The summed E-state index contributed by atoms with van der Waals surface area (Å²) < 4.78 is 34.7. The van der Waals surface area contributed by atoms with Crippen LogP contribution < -0.4 is 10.6 Å². The van der Waals surface area contributed by atoms with Gasteiger partial charge in [0, 0.05) is 19.8 Å². The number of carbonyl (C=O) groups excluding carboxylic acids is 2. The van der Waals surface area contributed by atoms with E-state index >= 15 is 0 Å². The van der Waals surface area contributed by atoms with Gasteiger partial charge in [0.15, 0.2) is 12.6 Å². The van der Waals surface area contributed by atoms with Crippen LogP contribution in [0.1, 0.15) is 201 Å². The summed E-state index contributed by atoms with van der Waals surface area (Å²) in [6, 6.07) is -2.52. The summed E-state index contributed by atoms with van der Waals surface area (Å²) in [5.41, 5.74) is 0. The maximum Gasteiger partial charge on any atom is 0.364 e. The van der Waals surface area contributed by atoms with Gasteiger partial charge in [-0.05, 0) is 12.8 Å². The molecule has 2 amide bonds. The summed E-state index contributed by atoms with van der Waals surface area (Å²) in [5.74, 6) is -6.10. The minimum absolute atomic E-state index is 0.228. The number of amides is 2. The first-order chi connectivity index (χ1) is 37.9. The Bertz CT molecular complexity index is 1640. The molecule has 23 heteroatoms. The standard InChI is InChI=1S/C56H104N2O21/c1-4-6-8-10-12-14-16-17-18-19-20-22-24-26-28-30-43(66)58-37(38(63)29-27-25-23-21-15-13-11-9-7-5-2)35-74-53-48(70)47(69)50(42(34-61)76-53)77-54-49(71)52(46(68)41(33-60)75-54)79-56(55(72)73)31-39(64)44(57-36(3)62)51(78-56)45(67)40(65)32-59/h37-42,44-54,59-61,63-65,67-71H,4-35H2,1-3H3,(H,57,62)(H,58,66)(H,72,73). The lowest BCUT2D eigenvalue weighted by Crippen LogP contribution is -2.70. The molecule has 3 aliphatic rings. The Labute approximate surface area is 468 Å². The number of aliphatic hydroxyl groups is 11. The van der Waals surface area contributed by atoms with E-state index in [0.717, 1.165) is 58.3 Å². The van der Waals surface area contributed by atoms with Crippen molar-refractivity contribution in [3.63, 3.8) is 0 Å². The van der Waals surface area contributed by atoms with Crippen molar-refractivity contribution in [2.75, 3.05) is 26.4 Å². The molecule has 0 spiro atoms. The molecule has 0 radical (unpaired) electrons. The molecule has 464 valence electrons. The number of aliphatic carboxylic acids is 1. The fourth-order valence-corrected chi connectivity index (χ4v) is 10.7. The van der Waals surface area contributed by atoms with Crippen molar-refractivity contribution in [1.82, 2.24) is 10.6 Å². The highest BCUT2D eigenvalue weighted by Crippen LogP contribution is 2.38. The van der Waals surface area contributed by atoms with E-state index in [2.05, 4.69) is 24.5 Å². The minimum atomic E-state index is -3.07. The van der Waals surface area contributed by atoms with E-state index in [0.29, 0.717) is 19.3 Å². The van der Waals surface area contributed by atoms with Crippen molar-refractivity contribution >= 4 is 17.8 Å². The number of hydrogen-bond acceptors (Lipinski definition) is 20. The molecule has 3 aliphatic heterocycles. The molecule has 0 aromatic heterocycles. The van der Waals surface area contributed by atoms with Crippen LogP contribution in [0.2, 0.25) is 0 Å². The average Bonchev–Trinajstić information content (AvgIpc) is 3.50. The fourth-order valence-electron chi connectivity index (χ4n) is 10.7. The monoisotopic (exact) mass is 1140 g/mol. The van der Waals surface area contributed by atoms with E-state index in [4.69, 9.17) is 28.4 Å². The van der Waals surface area contributed by atoms with Crippen LogP contribution in [-0.4, -0.2) is 215 Å². The number of nitrogens with one attached hydrogen (secondary N) is 2. The Hall–Kier alpha value is -2.27. The van der Waals surface area contributed by atoms with Crippen LogP contribution in [0, 0.1) is 0 Å². The van der Waals surface area contributed by atoms with Gasteiger partial charge in [0.2, 0.25) is 11.8 Å². The highest BCUT2D eigenvalue weighted by Gasteiger charge is 2.60. The Kier molecular flexibility index (Phi) is 35.3. The van der Waals surface area contributed by atoms with Crippen LogP contribution in [0.4, 0.5) is 0 Å². The quantitative estimate of drug-likeness (QED) is 0.0389. The first kappa shape index (κ1) is 71.0. The molecule has 3 rings (SSSR count). The summed E-state index contributed by atoms with van der Waals surface area (Å²) in [4.78, 5) is 38.3. The van der Waals surface area contributed by atoms with Gasteiger partial charge in [-0.25, -0.2) is 4.79 Å². The number of carboxylic acids is 1. The van der Waals surface area contributed by atoms with Crippen LogP contribution in [0.5, 0.6) is 0 Å². The number of carbonyl (C=O) groups is 3. The number of rotatable bonds is 43. The maximum atomic E-state index is 13.3. The molecule has 0 aliphatic carbocycles. The van der Waals surface area contributed by atoms with Gasteiger partial charge in [-0.15, -0.1) is 0 Å². The van der Waals surface area contributed by atoms with Gasteiger partial charge in [-0.3, -0.25) is 9.59 Å². The normalized spacial score (nSPS) is 30.8. The predicted molar refractivity (Wildman–Crippen MR) is 288 cm³/mol. The van der Waals surface area contributed by atoms with Crippen LogP contribution >= 0.6 is 0 Å². The van der Waals surface area contributed by atoms with Crippen LogP contribution in [0.15, 0.2) is 0 Å². The molecule has 14 N–H and O–H groups in total. The third kappa shape index (κ3) is 24.1. The van der Waals surface area contributed by atoms with Crippen LogP contribution in [-0.2, 0) is 42.8 Å². The molecule has 23 nitrogen and oxygen atoms in total. The lowest BCUT2D eigenvalue weighted by atomic mass is 9.88. The van der Waals surface area contributed by atoms with Gasteiger partial charge in [-0.1, -0.05) is 168 Å². The third-order valence-corrected chi connectivity index (χ3v) is 15.6. The first-order valence-corrected chi connectivity index (χ1v) is 29.9. The van der Waals surface area contributed by atoms with Crippen molar-refractivity contribution in [2.24, 2.45) is 0 Å². The summed E-state index contributed by atoms with van der Waals surface area (Å²) in [6.45, 7) is 2.15. The molecule has 79 heavy (non-hydrogen) atoms. The van der Waals surface area contributed by atoms with E-state index in [9.17, 15) is 75.7 Å². The summed E-state index contributed by atoms with van der Waals surface area (Å²) in [6.07, 6.45) is 0.0483. The second-order valence-electron chi connectivity index (χ2n) is 22.2. The number of hydrogen-bond donors (Lipinski definition) is 14. The van der Waals surface area contributed by atoms with E-state index in [1.165, 1.54) is 96.3 Å². The van der Waals surface area contributed by atoms with Crippen LogP contribution in [0.3, 0.4) is 0 Å². The molecule has 18 atom stereocenters. The Morgan fingerprint density at radius 2 is 1.10 bits per heavy atom. The largest absolute Gasteiger partial charge is 0.477 e. The smallest absolute Gasteiger partial charge is 0.364 e. The van der Waals surface area contributed by atoms with Crippen molar-refractivity contribution in [1.29, 1.82) is 0 Å². The second kappa shape index (κ2) is 39.3. The molecular weight excluding hydrogens is 1040 g/mol. The van der Waals surface area contributed by atoms with E-state index < -0.39 is 148 Å². The highest BCUT2D eigenvalue weighted by molar-refractivity contribution is 5.77. The number of unbranched alkanes of at least 4 members (excludes halogenated alkanes) is 23. The lowest BCUT2D eigenvalue weighted by Gasteiger charge is -2.50. The topological polar surface area (TPSA) is 373 Å². The third-order valence-electron chi connectivity index (χ3n) is 15.6. The molecule has 0 aromatic rings. The molecule has 3 fully saturated rings. The SMILES string of the molecule is CCCCCCCCCCCCCCCCCC(=O)NC(COC1OC(CO)C(OC2OC(CO)C(O)C(OC3(C(=O)O)CC(O)C(NC(C)=O)C(C(O)C(O)CO)O3)C2O)C(O)C1O)C(O)CCCCCCCCCCCC. The van der Waals surface area contributed by atoms with Gasteiger partial charge in [0.25, 0.3) is 5.79 Å². The lowest BCUT2D eigenvalue weighted by molar-refractivity contribution is -0.386. The zero-order valence-electron chi connectivity index (χ0n) is 47.5. The Morgan fingerprint density at radius 1 is 0.608 bits per heavy atom. The van der Waals surface area contributed by atoms with Gasteiger partial charge < -0.3 is 100 Å².